The predicted molar refractivity (Wildman–Crippen MR) is 44.9 cm³/mol. The van der Waals surface area contributed by atoms with Crippen LogP contribution in [0, 0.1) is 0 Å². The van der Waals surface area contributed by atoms with Crippen LogP contribution in [0.4, 0.5) is 0 Å². The largest absolute Gasteiger partial charge is 0.505 e. The summed E-state index contributed by atoms with van der Waals surface area (Å²) in [7, 11) is 1.68. The third-order valence-corrected chi connectivity index (χ3v) is 1.46. The highest BCUT2D eigenvalue weighted by atomic mass is 16.5. The van der Waals surface area contributed by atoms with Crippen molar-refractivity contribution in [3.8, 4) is 0 Å². The van der Waals surface area contributed by atoms with Gasteiger partial charge in [-0.3, -0.25) is 0 Å². The van der Waals surface area contributed by atoms with Gasteiger partial charge in [0.1, 0.15) is 0 Å². The van der Waals surface area contributed by atoms with Crippen molar-refractivity contribution in [3.05, 3.63) is 12.3 Å². The van der Waals surface area contributed by atoms with Gasteiger partial charge in [-0.15, -0.1) is 0 Å². The Morgan fingerprint density at radius 3 is 2.60 bits per heavy atom. The van der Waals surface area contributed by atoms with Crippen LogP contribution in [-0.4, -0.2) is 7.11 Å². The standard InChI is InChI=1S/C9H18O/c1-3-4-5-6-7-8-9-10-2/h8-9H,3-7H2,1-2H3/b9-8+. The van der Waals surface area contributed by atoms with Crippen molar-refractivity contribution in [1.82, 2.24) is 0 Å². The van der Waals surface area contributed by atoms with Crippen molar-refractivity contribution in [2.24, 2.45) is 0 Å². The van der Waals surface area contributed by atoms with Crippen LogP contribution in [0.3, 0.4) is 0 Å². The average molecular weight is 142 g/mol. The minimum Gasteiger partial charge on any atom is -0.505 e. The summed E-state index contributed by atoms with van der Waals surface area (Å²) in [5.74, 6) is 0. The van der Waals surface area contributed by atoms with Gasteiger partial charge in [-0.1, -0.05) is 26.2 Å². The summed E-state index contributed by atoms with van der Waals surface area (Å²) in [5.41, 5.74) is 0. The lowest BCUT2D eigenvalue weighted by Gasteiger charge is -1.93. The number of methoxy groups -OCH3 is 1. The van der Waals surface area contributed by atoms with Gasteiger partial charge < -0.3 is 4.74 Å². The smallest absolute Gasteiger partial charge is 0.0784 e. The summed E-state index contributed by atoms with van der Waals surface area (Å²) in [6, 6.07) is 0. The van der Waals surface area contributed by atoms with Crippen LogP contribution in [0.25, 0.3) is 0 Å². The van der Waals surface area contributed by atoms with Gasteiger partial charge in [0.25, 0.3) is 0 Å². The molecular weight excluding hydrogens is 124 g/mol. The average Bonchev–Trinajstić information content (AvgIpc) is 1.97. The molecule has 0 saturated carbocycles. The zero-order valence-electron chi connectivity index (χ0n) is 7.10. The Morgan fingerprint density at radius 1 is 1.20 bits per heavy atom. The van der Waals surface area contributed by atoms with Gasteiger partial charge in [0.2, 0.25) is 0 Å². The molecular formula is C9H18O. The minimum atomic E-state index is 1.16. The summed E-state index contributed by atoms with van der Waals surface area (Å²) in [5, 5.41) is 0. The van der Waals surface area contributed by atoms with Crippen molar-refractivity contribution in [2.75, 3.05) is 7.11 Å². The summed E-state index contributed by atoms with van der Waals surface area (Å²) >= 11 is 0. The lowest BCUT2D eigenvalue weighted by atomic mass is 10.2. The Bertz CT molecular complexity index is 76.8. The Morgan fingerprint density at radius 2 is 2.00 bits per heavy atom. The highest BCUT2D eigenvalue weighted by molar-refractivity contribution is 4.72. The Hall–Kier alpha value is -0.460. The molecule has 0 aliphatic carbocycles. The van der Waals surface area contributed by atoms with Gasteiger partial charge in [0.05, 0.1) is 13.4 Å². The van der Waals surface area contributed by atoms with Gasteiger partial charge in [-0.2, -0.15) is 0 Å². The molecule has 60 valence electrons. The molecule has 1 nitrogen and oxygen atoms in total. The second-order valence-corrected chi connectivity index (χ2v) is 2.46. The predicted octanol–water partition coefficient (Wildman–Crippen LogP) is 3.12. The van der Waals surface area contributed by atoms with E-state index >= 15 is 0 Å². The maximum absolute atomic E-state index is 4.77. The molecule has 0 spiro atoms. The van der Waals surface area contributed by atoms with Crippen LogP contribution < -0.4 is 0 Å². The van der Waals surface area contributed by atoms with Gasteiger partial charge >= 0.3 is 0 Å². The first kappa shape index (κ1) is 9.54. The van der Waals surface area contributed by atoms with Crippen LogP contribution in [0.2, 0.25) is 0 Å². The van der Waals surface area contributed by atoms with Crippen LogP contribution in [0.5, 0.6) is 0 Å². The molecule has 10 heavy (non-hydrogen) atoms. The van der Waals surface area contributed by atoms with E-state index in [9.17, 15) is 0 Å². The highest BCUT2D eigenvalue weighted by Crippen LogP contribution is 2.02. The Labute approximate surface area is 64.1 Å². The fraction of sp³-hybridized carbons (Fsp3) is 0.778. The normalized spacial score (nSPS) is 10.6. The Balaban J connectivity index is 2.83. The summed E-state index contributed by atoms with van der Waals surface area (Å²) in [6.45, 7) is 2.23. The van der Waals surface area contributed by atoms with E-state index in [4.69, 9.17) is 4.74 Å². The van der Waals surface area contributed by atoms with Gasteiger partial charge in [-0.05, 0) is 18.9 Å². The van der Waals surface area contributed by atoms with E-state index in [1.165, 1.54) is 25.7 Å². The number of rotatable bonds is 6. The minimum absolute atomic E-state index is 1.16. The molecule has 0 saturated heterocycles. The fourth-order valence-electron chi connectivity index (χ4n) is 0.853. The second-order valence-electron chi connectivity index (χ2n) is 2.46. The zero-order valence-corrected chi connectivity index (χ0v) is 7.10. The lowest BCUT2D eigenvalue weighted by Crippen LogP contribution is -1.74. The van der Waals surface area contributed by atoms with Crippen LogP contribution in [0.1, 0.15) is 39.0 Å². The van der Waals surface area contributed by atoms with Gasteiger partial charge in [-0.25, -0.2) is 0 Å². The van der Waals surface area contributed by atoms with E-state index in [1.807, 2.05) is 0 Å². The van der Waals surface area contributed by atoms with E-state index in [0.29, 0.717) is 0 Å². The molecule has 0 unspecified atom stereocenters. The third kappa shape index (κ3) is 7.54. The van der Waals surface area contributed by atoms with E-state index in [-0.39, 0.29) is 0 Å². The molecule has 0 N–H and O–H groups in total. The lowest BCUT2D eigenvalue weighted by molar-refractivity contribution is 0.336. The second kappa shape index (κ2) is 8.54. The SMILES string of the molecule is CCCCCC/C=C/OC. The first-order valence-corrected chi connectivity index (χ1v) is 4.09. The molecule has 0 aromatic heterocycles. The number of ether oxygens (including phenoxy) is 1. The first-order valence-electron chi connectivity index (χ1n) is 4.09. The van der Waals surface area contributed by atoms with Crippen molar-refractivity contribution in [3.63, 3.8) is 0 Å². The van der Waals surface area contributed by atoms with E-state index in [0.717, 1.165) is 6.42 Å². The van der Waals surface area contributed by atoms with Crippen molar-refractivity contribution in [2.45, 2.75) is 39.0 Å². The molecule has 0 atom stereocenters. The summed E-state index contributed by atoms with van der Waals surface area (Å²) in [4.78, 5) is 0. The summed E-state index contributed by atoms with van der Waals surface area (Å²) < 4.78 is 4.77. The molecule has 0 heterocycles. The van der Waals surface area contributed by atoms with Gasteiger partial charge in [0, 0.05) is 0 Å². The third-order valence-electron chi connectivity index (χ3n) is 1.46. The maximum atomic E-state index is 4.77. The number of allylic oxidation sites excluding steroid dienone is 1. The zero-order chi connectivity index (χ0) is 7.66. The summed E-state index contributed by atoms with van der Waals surface area (Å²) in [6.07, 6.45) is 10.3. The van der Waals surface area contributed by atoms with Crippen molar-refractivity contribution in [1.29, 1.82) is 0 Å². The monoisotopic (exact) mass is 142 g/mol. The maximum Gasteiger partial charge on any atom is 0.0784 e. The van der Waals surface area contributed by atoms with Gasteiger partial charge in [0.15, 0.2) is 0 Å². The highest BCUT2D eigenvalue weighted by Gasteiger charge is 1.83. The number of hydrogen-bond acceptors (Lipinski definition) is 1. The molecule has 0 fully saturated rings. The number of hydrogen-bond donors (Lipinski definition) is 0. The molecule has 0 aromatic carbocycles. The fourth-order valence-corrected chi connectivity index (χ4v) is 0.853. The molecule has 0 aliphatic rings. The van der Waals surface area contributed by atoms with E-state index in [1.54, 1.807) is 13.4 Å². The molecule has 0 amide bonds. The van der Waals surface area contributed by atoms with Crippen LogP contribution >= 0.6 is 0 Å². The van der Waals surface area contributed by atoms with E-state index < -0.39 is 0 Å². The molecule has 0 aliphatic heterocycles. The number of unbranched alkanes of at least 4 members (excludes halogenated alkanes) is 4. The van der Waals surface area contributed by atoms with Crippen LogP contribution in [-0.2, 0) is 4.74 Å². The first-order chi connectivity index (χ1) is 4.91. The van der Waals surface area contributed by atoms with E-state index in [2.05, 4.69) is 13.0 Å². The van der Waals surface area contributed by atoms with Crippen LogP contribution in [0.15, 0.2) is 12.3 Å². The molecule has 0 bridgehead atoms. The molecule has 0 aromatic rings. The van der Waals surface area contributed by atoms with Crippen molar-refractivity contribution < 1.29 is 4.74 Å². The molecule has 0 rings (SSSR count). The Kier molecular flexibility index (Phi) is 8.15. The van der Waals surface area contributed by atoms with Crippen molar-refractivity contribution >= 4 is 0 Å². The molecule has 1 heteroatoms. The quantitative estimate of drug-likeness (QED) is 0.409. The topological polar surface area (TPSA) is 9.23 Å². The molecule has 0 radical (unpaired) electrons.